The number of likely N-dealkylation sites (N-methyl/N-ethyl adjacent to an activating group) is 1. The van der Waals surface area contributed by atoms with Crippen molar-refractivity contribution in [3.05, 3.63) is 58.6 Å². The van der Waals surface area contributed by atoms with E-state index in [4.69, 9.17) is 32.7 Å². The van der Waals surface area contributed by atoms with Crippen molar-refractivity contribution >= 4 is 51.5 Å². The van der Waals surface area contributed by atoms with Gasteiger partial charge in [0.2, 0.25) is 5.91 Å². The number of amides is 1. The Morgan fingerprint density at radius 2 is 2.00 bits per heavy atom. The van der Waals surface area contributed by atoms with Crippen LogP contribution >= 0.6 is 23.2 Å². The lowest BCUT2D eigenvalue weighted by Gasteiger charge is -2.35. The third-order valence-electron chi connectivity index (χ3n) is 5.68. The minimum atomic E-state index is -0.681. The van der Waals surface area contributed by atoms with Gasteiger partial charge in [-0.25, -0.2) is 14.4 Å². The van der Waals surface area contributed by atoms with Gasteiger partial charge < -0.3 is 25.0 Å². The van der Waals surface area contributed by atoms with Gasteiger partial charge in [-0.15, -0.1) is 0 Å². The molecule has 0 atom stereocenters. The summed E-state index contributed by atoms with van der Waals surface area (Å²) in [7, 11) is 5.42. The molecule has 8 nitrogen and oxygen atoms in total. The highest BCUT2D eigenvalue weighted by molar-refractivity contribution is 6.42. The summed E-state index contributed by atoms with van der Waals surface area (Å²) < 4.78 is 26.3. The number of carbonyl (C=O) groups excluding carboxylic acids is 1. The summed E-state index contributed by atoms with van der Waals surface area (Å²) in [6.45, 7) is 0.698. The summed E-state index contributed by atoms with van der Waals surface area (Å²) in [5.41, 5.74) is 0.709. The van der Waals surface area contributed by atoms with Crippen LogP contribution in [-0.4, -0.2) is 60.7 Å². The monoisotopic (exact) mass is 533 g/mol. The van der Waals surface area contributed by atoms with Gasteiger partial charge in [0.05, 0.1) is 28.4 Å². The van der Waals surface area contributed by atoms with Crippen LogP contribution in [-0.2, 0) is 4.79 Å². The highest BCUT2D eigenvalue weighted by Crippen LogP contribution is 2.38. The molecule has 1 fully saturated rings. The second-order valence-corrected chi connectivity index (χ2v) is 9.46. The molecule has 190 valence electrons. The van der Waals surface area contributed by atoms with Gasteiger partial charge >= 0.3 is 0 Å². The molecule has 1 aliphatic rings. The Morgan fingerprint density at radius 3 is 2.72 bits per heavy atom. The van der Waals surface area contributed by atoms with Gasteiger partial charge in [0.1, 0.15) is 18.2 Å². The number of nitrogens with one attached hydrogen (secondary N) is 2. The van der Waals surface area contributed by atoms with Crippen LogP contribution in [0.1, 0.15) is 12.8 Å². The molecule has 0 saturated heterocycles. The summed E-state index contributed by atoms with van der Waals surface area (Å²) in [6.07, 6.45) is 5.97. The van der Waals surface area contributed by atoms with Gasteiger partial charge in [0.15, 0.2) is 17.3 Å². The number of ether oxygens (including phenoxy) is 2. The number of rotatable bonds is 9. The topological polar surface area (TPSA) is 88.6 Å². The summed E-state index contributed by atoms with van der Waals surface area (Å²) in [5, 5.41) is 6.48. The SMILES string of the molecule is COc1cc2ncnc(Nc3ccc(Cl)c(Cl)c3F)c2cc1OC1CC(NC(=O)/C=C/CN(C)C)C1. The Hall–Kier alpha value is -3.14. The molecular weight excluding hydrogens is 508 g/mol. The van der Waals surface area contributed by atoms with Gasteiger partial charge in [0.25, 0.3) is 0 Å². The molecule has 1 aliphatic carbocycles. The fourth-order valence-electron chi connectivity index (χ4n) is 3.74. The first-order chi connectivity index (χ1) is 17.2. The molecule has 4 rings (SSSR count). The number of anilines is 2. The zero-order valence-electron chi connectivity index (χ0n) is 20.0. The number of halogens is 3. The summed E-state index contributed by atoms with van der Waals surface area (Å²) in [6, 6.07) is 6.51. The Morgan fingerprint density at radius 1 is 1.22 bits per heavy atom. The van der Waals surface area contributed by atoms with Gasteiger partial charge in [-0.1, -0.05) is 29.3 Å². The molecule has 1 aromatic heterocycles. The van der Waals surface area contributed by atoms with Gasteiger partial charge in [-0.05, 0) is 32.3 Å². The number of benzene rings is 2. The van der Waals surface area contributed by atoms with Crippen molar-refractivity contribution in [2.45, 2.75) is 25.0 Å². The molecule has 0 radical (unpaired) electrons. The highest BCUT2D eigenvalue weighted by Gasteiger charge is 2.32. The lowest BCUT2D eigenvalue weighted by atomic mass is 9.89. The van der Waals surface area contributed by atoms with E-state index in [9.17, 15) is 9.18 Å². The van der Waals surface area contributed by atoms with Crippen molar-refractivity contribution in [3.8, 4) is 11.5 Å². The molecular formula is C25H26Cl2FN5O3. The van der Waals surface area contributed by atoms with Crippen molar-refractivity contribution in [2.75, 3.05) is 33.1 Å². The zero-order valence-corrected chi connectivity index (χ0v) is 21.5. The van der Waals surface area contributed by atoms with Gasteiger partial charge in [0, 0.05) is 43.0 Å². The summed E-state index contributed by atoms with van der Waals surface area (Å²) in [5.74, 6) is 0.573. The molecule has 3 aromatic rings. The van der Waals surface area contributed by atoms with E-state index in [0.29, 0.717) is 47.6 Å². The first-order valence-electron chi connectivity index (χ1n) is 11.3. The Balaban J connectivity index is 1.48. The predicted molar refractivity (Wildman–Crippen MR) is 139 cm³/mol. The molecule has 1 saturated carbocycles. The quantitative estimate of drug-likeness (QED) is 0.296. The van der Waals surface area contributed by atoms with Gasteiger partial charge in [-0.2, -0.15) is 0 Å². The van der Waals surface area contributed by atoms with E-state index in [1.54, 1.807) is 25.3 Å². The lowest BCUT2D eigenvalue weighted by Crippen LogP contribution is -2.48. The van der Waals surface area contributed by atoms with Crippen LogP contribution in [0.5, 0.6) is 11.5 Å². The molecule has 0 aliphatic heterocycles. The van der Waals surface area contributed by atoms with Crippen LogP contribution < -0.4 is 20.1 Å². The molecule has 2 aromatic carbocycles. The number of aromatic nitrogens is 2. The number of hydrogen-bond acceptors (Lipinski definition) is 7. The number of hydrogen-bond donors (Lipinski definition) is 2. The first kappa shape index (κ1) is 25.9. The van der Waals surface area contributed by atoms with E-state index in [1.807, 2.05) is 25.1 Å². The standard InChI is InChI=1S/C25H26Cl2FN5O3/c1-33(2)8-4-5-22(34)31-14-9-15(10-14)36-21-11-16-19(12-20(21)35-3)29-13-30-25(16)32-18-7-6-17(26)23(27)24(18)28/h4-7,11-15H,8-10H2,1-3H3,(H,31,34)(H,29,30,32)/b5-4+. The number of carbonyl (C=O) groups is 1. The largest absolute Gasteiger partial charge is 0.493 e. The normalized spacial score (nSPS) is 17.3. The van der Waals surface area contributed by atoms with Crippen molar-refractivity contribution in [2.24, 2.45) is 0 Å². The Kier molecular flexibility index (Phi) is 8.13. The average Bonchev–Trinajstić information content (AvgIpc) is 2.82. The minimum Gasteiger partial charge on any atom is -0.493 e. The fraction of sp³-hybridized carbons (Fsp3) is 0.320. The van der Waals surface area contributed by atoms with Gasteiger partial charge in [-0.3, -0.25) is 4.79 Å². The van der Waals surface area contributed by atoms with Crippen molar-refractivity contribution in [1.82, 2.24) is 20.2 Å². The number of fused-ring (bicyclic) bond motifs is 1. The van der Waals surface area contributed by atoms with Crippen LogP contribution in [0.4, 0.5) is 15.9 Å². The second kappa shape index (κ2) is 11.3. The van der Waals surface area contributed by atoms with Crippen LogP contribution in [0.25, 0.3) is 10.9 Å². The van der Waals surface area contributed by atoms with Crippen molar-refractivity contribution < 1.29 is 18.7 Å². The lowest BCUT2D eigenvalue weighted by molar-refractivity contribution is -0.118. The van der Waals surface area contributed by atoms with E-state index < -0.39 is 5.82 Å². The maximum absolute atomic E-state index is 14.6. The summed E-state index contributed by atoms with van der Waals surface area (Å²) in [4.78, 5) is 22.6. The molecule has 1 heterocycles. The van der Waals surface area contributed by atoms with E-state index >= 15 is 0 Å². The van der Waals surface area contributed by atoms with E-state index in [1.165, 1.54) is 18.5 Å². The average molecular weight is 534 g/mol. The third kappa shape index (κ3) is 5.98. The maximum Gasteiger partial charge on any atom is 0.243 e. The molecule has 0 spiro atoms. The van der Waals surface area contributed by atoms with Crippen molar-refractivity contribution in [3.63, 3.8) is 0 Å². The Labute approximate surface area is 218 Å². The molecule has 0 bridgehead atoms. The Bertz CT molecular complexity index is 1300. The van der Waals surface area contributed by atoms with Crippen LogP contribution in [0.15, 0.2) is 42.7 Å². The van der Waals surface area contributed by atoms with E-state index in [-0.39, 0.29) is 33.8 Å². The van der Waals surface area contributed by atoms with E-state index in [2.05, 4.69) is 20.6 Å². The summed E-state index contributed by atoms with van der Waals surface area (Å²) >= 11 is 11.8. The second-order valence-electron chi connectivity index (χ2n) is 8.67. The molecule has 2 N–H and O–H groups in total. The number of nitrogens with zero attached hydrogens (tertiary/aromatic N) is 3. The first-order valence-corrected chi connectivity index (χ1v) is 12.0. The molecule has 11 heteroatoms. The van der Waals surface area contributed by atoms with Crippen molar-refractivity contribution in [1.29, 1.82) is 0 Å². The minimum absolute atomic E-state index is 0.0381. The molecule has 1 amide bonds. The zero-order chi connectivity index (χ0) is 25.8. The highest BCUT2D eigenvalue weighted by atomic mass is 35.5. The maximum atomic E-state index is 14.6. The third-order valence-corrected chi connectivity index (χ3v) is 6.46. The van der Waals surface area contributed by atoms with Crippen LogP contribution in [0, 0.1) is 5.82 Å². The fourth-order valence-corrected chi connectivity index (χ4v) is 4.06. The molecule has 36 heavy (non-hydrogen) atoms. The van der Waals surface area contributed by atoms with Crippen LogP contribution in [0.2, 0.25) is 10.0 Å². The van der Waals surface area contributed by atoms with Crippen LogP contribution in [0.3, 0.4) is 0 Å². The predicted octanol–water partition coefficient (Wildman–Crippen LogP) is 4.97. The number of methoxy groups -OCH3 is 1. The smallest absolute Gasteiger partial charge is 0.243 e. The molecule has 0 unspecified atom stereocenters. The van der Waals surface area contributed by atoms with E-state index in [0.717, 1.165) is 0 Å².